The van der Waals surface area contributed by atoms with Crippen molar-refractivity contribution in [2.24, 2.45) is 0 Å². The summed E-state index contributed by atoms with van der Waals surface area (Å²) in [6.07, 6.45) is 0.863. The molecule has 30 heavy (non-hydrogen) atoms. The molecule has 1 N–H and O–H groups in total. The van der Waals surface area contributed by atoms with Crippen LogP contribution < -0.4 is 15.1 Å². The Labute approximate surface area is 171 Å². The van der Waals surface area contributed by atoms with E-state index in [0.717, 1.165) is 16.3 Å². The van der Waals surface area contributed by atoms with Crippen molar-refractivity contribution in [3.05, 3.63) is 71.5 Å². The minimum absolute atomic E-state index is 0.238. The first kappa shape index (κ1) is 18.3. The highest BCUT2D eigenvalue weighted by atomic mass is 19.1. The molecular weight excluding hydrogens is 385 g/mol. The molecule has 7 heteroatoms. The quantitative estimate of drug-likeness (QED) is 0.711. The summed E-state index contributed by atoms with van der Waals surface area (Å²) in [5.41, 5.74) is 2.28. The Bertz CT molecular complexity index is 1220. The minimum atomic E-state index is -0.457. The Morgan fingerprint density at radius 1 is 0.933 bits per heavy atom. The van der Waals surface area contributed by atoms with Crippen molar-refractivity contribution in [2.45, 2.75) is 12.8 Å². The molecule has 0 unspecified atom stereocenters. The predicted octanol–water partition coefficient (Wildman–Crippen LogP) is 3.63. The highest BCUT2D eigenvalue weighted by molar-refractivity contribution is 6.10. The number of nitrogens with one attached hydrogen (secondary N) is 1. The molecule has 1 saturated heterocycles. The Kier molecular flexibility index (Phi) is 4.24. The summed E-state index contributed by atoms with van der Waals surface area (Å²) in [5, 5.41) is 4.01. The number of carbonyl (C=O) groups is 3. The third-order valence-electron chi connectivity index (χ3n) is 5.63. The lowest BCUT2D eigenvalue weighted by Crippen LogP contribution is -2.49. The van der Waals surface area contributed by atoms with Crippen molar-refractivity contribution < 1.29 is 18.8 Å². The van der Waals surface area contributed by atoms with Crippen molar-refractivity contribution in [1.82, 2.24) is 5.32 Å². The van der Waals surface area contributed by atoms with Gasteiger partial charge in [0.2, 0.25) is 5.91 Å². The lowest BCUT2D eigenvalue weighted by Gasteiger charge is -2.26. The van der Waals surface area contributed by atoms with Crippen LogP contribution in [0.5, 0.6) is 0 Å². The normalized spacial score (nSPS) is 16.0. The molecule has 2 aliphatic heterocycles. The lowest BCUT2D eigenvalue weighted by molar-refractivity contribution is -0.120. The summed E-state index contributed by atoms with van der Waals surface area (Å²) in [7, 11) is 0. The third kappa shape index (κ3) is 2.99. The highest BCUT2D eigenvalue weighted by Gasteiger charge is 2.29. The van der Waals surface area contributed by atoms with Gasteiger partial charge in [-0.05, 0) is 53.1 Å². The van der Waals surface area contributed by atoms with Crippen molar-refractivity contribution in [2.75, 3.05) is 22.9 Å². The van der Waals surface area contributed by atoms with Crippen LogP contribution in [0, 0.1) is 5.82 Å². The van der Waals surface area contributed by atoms with E-state index in [4.69, 9.17) is 0 Å². The minimum Gasteiger partial charge on any atom is -0.305 e. The van der Waals surface area contributed by atoms with Gasteiger partial charge in [0.05, 0.1) is 5.69 Å². The maximum atomic E-state index is 14.3. The first-order valence-corrected chi connectivity index (χ1v) is 9.76. The standard InChI is InChI=1S/C23H18FN3O3/c24-19-3-1-2-15-8-10-27(21(15)19)22(29)16-5-4-14-6-7-18(13-17(14)12-16)26-11-9-20(28)25-23(26)30/h1-7,12-13H,8-11H2,(H,25,28,30). The van der Waals surface area contributed by atoms with Gasteiger partial charge in [-0.3, -0.25) is 19.8 Å². The number of benzene rings is 3. The van der Waals surface area contributed by atoms with Gasteiger partial charge < -0.3 is 4.90 Å². The second-order valence-electron chi connectivity index (χ2n) is 7.46. The van der Waals surface area contributed by atoms with Gasteiger partial charge in [-0.15, -0.1) is 0 Å². The Balaban J connectivity index is 1.49. The summed E-state index contributed by atoms with van der Waals surface area (Å²) in [5.74, 6) is -0.942. The molecule has 6 nitrogen and oxygen atoms in total. The summed E-state index contributed by atoms with van der Waals surface area (Å²) in [6.45, 7) is 0.744. The molecule has 2 heterocycles. The first-order chi connectivity index (χ1) is 14.5. The second kappa shape index (κ2) is 6.95. The first-order valence-electron chi connectivity index (χ1n) is 9.76. The predicted molar refractivity (Wildman–Crippen MR) is 111 cm³/mol. The van der Waals surface area contributed by atoms with Crippen LogP contribution in [0.3, 0.4) is 0 Å². The van der Waals surface area contributed by atoms with Crippen LogP contribution in [-0.4, -0.2) is 30.9 Å². The van der Waals surface area contributed by atoms with E-state index < -0.39 is 11.8 Å². The zero-order chi connectivity index (χ0) is 20.8. The molecule has 3 aromatic carbocycles. The number of fused-ring (bicyclic) bond motifs is 2. The number of imide groups is 1. The number of nitrogens with zero attached hydrogens (tertiary/aromatic N) is 2. The van der Waals surface area contributed by atoms with E-state index >= 15 is 0 Å². The fourth-order valence-electron chi connectivity index (χ4n) is 4.11. The zero-order valence-corrected chi connectivity index (χ0v) is 16.0. The number of urea groups is 1. The molecule has 0 atom stereocenters. The van der Waals surface area contributed by atoms with E-state index in [1.54, 1.807) is 18.2 Å². The molecule has 0 bridgehead atoms. The van der Waals surface area contributed by atoms with Gasteiger partial charge in [0, 0.05) is 30.8 Å². The fourth-order valence-corrected chi connectivity index (χ4v) is 4.11. The number of halogens is 1. The molecule has 0 saturated carbocycles. The van der Waals surface area contributed by atoms with E-state index in [-0.39, 0.29) is 18.2 Å². The van der Waals surface area contributed by atoms with E-state index in [9.17, 15) is 18.8 Å². The van der Waals surface area contributed by atoms with Crippen LogP contribution >= 0.6 is 0 Å². The van der Waals surface area contributed by atoms with E-state index in [1.165, 1.54) is 15.9 Å². The average molecular weight is 403 g/mol. The van der Waals surface area contributed by atoms with Gasteiger partial charge in [-0.25, -0.2) is 9.18 Å². The zero-order valence-electron chi connectivity index (χ0n) is 16.0. The van der Waals surface area contributed by atoms with Crippen molar-refractivity contribution in [3.63, 3.8) is 0 Å². The van der Waals surface area contributed by atoms with E-state index in [2.05, 4.69) is 5.32 Å². The molecule has 2 aliphatic rings. The molecule has 0 aromatic heterocycles. The van der Waals surface area contributed by atoms with Gasteiger partial charge in [0.25, 0.3) is 5.91 Å². The number of anilines is 2. The van der Waals surface area contributed by atoms with Gasteiger partial charge in [0.15, 0.2) is 0 Å². The van der Waals surface area contributed by atoms with Gasteiger partial charge in [-0.1, -0.05) is 24.3 Å². The molecular formula is C23H18FN3O3. The smallest absolute Gasteiger partial charge is 0.305 e. The highest BCUT2D eigenvalue weighted by Crippen LogP contribution is 2.32. The van der Waals surface area contributed by atoms with Crippen LogP contribution in [0.2, 0.25) is 0 Å². The van der Waals surface area contributed by atoms with Crippen LogP contribution in [-0.2, 0) is 11.2 Å². The monoisotopic (exact) mass is 403 g/mol. The Morgan fingerprint density at radius 3 is 2.60 bits per heavy atom. The number of rotatable bonds is 2. The molecule has 0 aliphatic carbocycles. The average Bonchev–Trinajstić information content (AvgIpc) is 3.18. The van der Waals surface area contributed by atoms with Crippen molar-refractivity contribution >= 4 is 40.0 Å². The Hall–Kier alpha value is -3.74. The lowest BCUT2D eigenvalue weighted by atomic mass is 10.0. The molecule has 150 valence electrons. The summed E-state index contributed by atoms with van der Waals surface area (Å²) in [4.78, 5) is 39.6. The van der Waals surface area contributed by atoms with Crippen molar-refractivity contribution in [1.29, 1.82) is 0 Å². The van der Waals surface area contributed by atoms with Gasteiger partial charge in [0.1, 0.15) is 5.82 Å². The number of para-hydroxylation sites is 1. The molecule has 1 fully saturated rings. The van der Waals surface area contributed by atoms with Gasteiger partial charge in [-0.2, -0.15) is 0 Å². The van der Waals surface area contributed by atoms with E-state index in [1.807, 2.05) is 30.3 Å². The summed E-state index contributed by atoms with van der Waals surface area (Å²) < 4.78 is 14.3. The maximum Gasteiger partial charge on any atom is 0.328 e. The number of hydrogen-bond donors (Lipinski definition) is 1. The van der Waals surface area contributed by atoms with Crippen LogP contribution in [0.4, 0.5) is 20.6 Å². The van der Waals surface area contributed by atoms with Crippen molar-refractivity contribution in [3.8, 4) is 0 Å². The fraction of sp³-hybridized carbons (Fsp3) is 0.174. The number of carbonyl (C=O) groups excluding carboxylic acids is 3. The van der Waals surface area contributed by atoms with Crippen LogP contribution in [0.15, 0.2) is 54.6 Å². The van der Waals surface area contributed by atoms with Gasteiger partial charge >= 0.3 is 6.03 Å². The Morgan fingerprint density at radius 2 is 1.77 bits per heavy atom. The van der Waals surface area contributed by atoms with E-state index in [0.29, 0.717) is 36.4 Å². The third-order valence-corrected chi connectivity index (χ3v) is 5.63. The molecule has 0 radical (unpaired) electrons. The number of amides is 4. The topological polar surface area (TPSA) is 69.7 Å². The molecule has 5 rings (SSSR count). The molecule has 4 amide bonds. The largest absolute Gasteiger partial charge is 0.328 e. The molecule has 0 spiro atoms. The SMILES string of the molecule is O=C1CCN(c2ccc3ccc(C(=O)N4CCc5cccc(F)c54)cc3c2)C(=O)N1. The van der Waals surface area contributed by atoms with Crippen LogP contribution in [0.25, 0.3) is 10.8 Å². The molecule has 3 aromatic rings. The maximum absolute atomic E-state index is 14.3. The van der Waals surface area contributed by atoms with Crippen LogP contribution in [0.1, 0.15) is 22.3 Å². The second-order valence-corrected chi connectivity index (χ2v) is 7.46. The summed E-state index contributed by atoms with van der Waals surface area (Å²) >= 11 is 0. The summed E-state index contributed by atoms with van der Waals surface area (Å²) in [6, 6.07) is 15.2. The number of hydrogen-bond acceptors (Lipinski definition) is 3.